The first-order valence-corrected chi connectivity index (χ1v) is 7.27. The van der Waals surface area contributed by atoms with Crippen molar-refractivity contribution in [2.75, 3.05) is 18.8 Å². The van der Waals surface area contributed by atoms with Crippen LogP contribution in [0.5, 0.6) is 0 Å². The van der Waals surface area contributed by atoms with Crippen LogP contribution in [0.4, 0.5) is 0 Å². The van der Waals surface area contributed by atoms with Gasteiger partial charge in [0.25, 0.3) is 0 Å². The summed E-state index contributed by atoms with van der Waals surface area (Å²) < 4.78 is 0. The molecule has 0 aliphatic heterocycles. The molecular formula is C13H16ClNO3S. The Balaban J connectivity index is 2.51. The van der Waals surface area contributed by atoms with E-state index in [0.717, 1.165) is 11.3 Å². The predicted octanol–water partition coefficient (Wildman–Crippen LogP) is 2.76. The molecule has 19 heavy (non-hydrogen) atoms. The minimum atomic E-state index is -0.988. The molecule has 6 heteroatoms. The fourth-order valence-corrected chi connectivity index (χ4v) is 2.42. The normalized spacial score (nSPS) is 10.2. The molecule has 0 bridgehead atoms. The lowest BCUT2D eigenvalue weighted by atomic mass is 10.4. The minimum absolute atomic E-state index is 0.163. The standard InChI is InChI=1S/C13H16ClNO3S/c1-2-7-15(8-13(17)18)12(16)9-19-11-5-3-10(14)4-6-11/h3-6H,2,7-9H2,1H3,(H,17,18). The van der Waals surface area contributed by atoms with Gasteiger partial charge in [0.2, 0.25) is 5.91 Å². The molecule has 1 aromatic rings. The van der Waals surface area contributed by atoms with Gasteiger partial charge in [-0.25, -0.2) is 0 Å². The van der Waals surface area contributed by atoms with Gasteiger partial charge in [0.15, 0.2) is 0 Å². The molecule has 0 fully saturated rings. The van der Waals surface area contributed by atoms with E-state index in [1.807, 2.05) is 19.1 Å². The zero-order valence-electron chi connectivity index (χ0n) is 10.6. The SMILES string of the molecule is CCCN(CC(=O)O)C(=O)CSc1ccc(Cl)cc1. The van der Waals surface area contributed by atoms with E-state index in [1.54, 1.807) is 12.1 Å². The molecule has 0 aliphatic rings. The molecule has 1 N–H and O–H groups in total. The summed E-state index contributed by atoms with van der Waals surface area (Å²) in [6.07, 6.45) is 0.741. The number of rotatable bonds is 7. The van der Waals surface area contributed by atoms with Crippen molar-refractivity contribution in [3.8, 4) is 0 Å². The van der Waals surface area contributed by atoms with Gasteiger partial charge in [-0.1, -0.05) is 18.5 Å². The third kappa shape index (κ3) is 5.98. The Kier molecular flexibility index (Phi) is 6.73. The quantitative estimate of drug-likeness (QED) is 0.787. The second-order valence-corrected chi connectivity index (χ2v) is 5.44. The Morgan fingerprint density at radius 2 is 1.95 bits per heavy atom. The molecule has 0 unspecified atom stereocenters. The van der Waals surface area contributed by atoms with Crippen molar-refractivity contribution in [3.05, 3.63) is 29.3 Å². The lowest BCUT2D eigenvalue weighted by molar-refractivity contribution is -0.143. The van der Waals surface area contributed by atoms with E-state index in [-0.39, 0.29) is 18.2 Å². The number of thioether (sulfide) groups is 1. The number of hydrogen-bond acceptors (Lipinski definition) is 3. The van der Waals surface area contributed by atoms with Crippen LogP contribution in [0, 0.1) is 0 Å². The van der Waals surface area contributed by atoms with Crippen molar-refractivity contribution in [1.82, 2.24) is 4.90 Å². The van der Waals surface area contributed by atoms with Crippen LogP contribution in [-0.2, 0) is 9.59 Å². The largest absolute Gasteiger partial charge is 0.480 e. The van der Waals surface area contributed by atoms with Crippen molar-refractivity contribution in [3.63, 3.8) is 0 Å². The molecule has 1 aromatic carbocycles. The summed E-state index contributed by atoms with van der Waals surface area (Å²) in [7, 11) is 0. The van der Waals surface area contributed by atoms with Crippen molar-refractivity contribution in [1.29, 1.82) is 0 Å². The first-order chi connectivity index (χ1) is 9.02. The topological polar surface area (TPSA) is 57.6 Å². The van der Waals surface area contributed by atoms with Gasteiger partial charge in [0.05, 0.1) is 5.75 Å². The van der Waals surface area contributed by atoms with E-state index in [4.69, 9.17) is 16.7 Å². The highest BCUT2D eigenvalue weighted by atomic mass is 35.5. The maximum atomic E-state index is 11.9. The van der Waals surface area contributed by atoms with Crippen LogP contribution in [0.2, 0.25) is 5.02 Å². The first kappa shape index (κ1) is 15.9. The van der Waals surface area contributed by atoms with Crippen molar-refractivity contribution in [2.45, 2.75) is 18.2 Å². The maximum Gasteiger partial charge on any atom is 0.323 e. The lowest BCUT2D eigenvalue weighted by Crippen LogP contribution is -2.37. The molecule has 0 aromatic heterocycles. The number of carbonyl (C=O) groups is 2. The fraction of sp³-hybridized carbons (Fsp3) is 0.385. The van der Waals surface area contributed by atoms with E-state index in [1.165, 1.54) is 16.7 Å². The highest BCUT2D eigenvalue weighted by molar-refractivity contribution is 8.00. The van der Waals surface area contributed by atoms with Crippen LogP contribution in [0.25, 0.3) is 0 Å². The zero-order chi connectivity index (χ0) is 14.3. The van der Waals surface area contributed by atoms with Gasteiger partial charge in [-0.15, -0.1) is 11.8 Å². The van der Waals surface area contributed by atoms with Crippen molar-refractivity contribution >= 4 is 35.2 Å². The zero-order valence-corrected chi connectivity index (χ0v) is 12.2. The Hall–Kier alpha value is -1.20. The molecule has 0 aliphatic carbocycles. The fourth-order valence-electron chi connectivity index (χ4n) is 1.49. The van der Waals surface area contributed by atoms with Crippen LogP contribution in [0.1, 0.15) is 13.3 Å². The third-order valence-corrected chi connectivity index (χ3v) is 3.60. The molecule has 0 radical (unpaired) electrons. The number of benzene rings is 1. The Morgan fingerprint density at radius 1 is 1.32 bits per heavy atom. The van der Waals surface area contributed by atoms with Crippen LogP contribution in [0.15, 0.2) is 29.2 Å². The number of aliphatic carboxylic acids is 1. The van der Waals surface area contributed by atoms with Crippen LogP contribution >= 0.6 is 23.4 Å². The number of carbonyl (C=O) groups excluding carboxylic acids is 1. The highest BCUT2D eigenvalue weighted by Crippen LogP contribution is 2.20. The number of amides is 1. The number of halogens is 1. The summed E-state index contributed by atoms with van der Waals surface area (Å²) in [6.45, 7) is 2.13. The monoisotopic (exact) mass is 301 g/mol. The molecule has 0 atom stereocenters. The maximum absolute atomic E-state index is 11.9. The van der Waals surface area contributed by atoms with Gasteiger partial charge in [0.1, 0.15) is 6.54 Å². The molecule has 4 nitrogen and oxygen atoms in total. The first-order valence-electron chi connectivity index (χ1n) is 5.91. The molecule has 0 heterocycles. The van der Waals surface area contributed by atoms with Gasteiger partial charge in [0, 0.05) is 16.5 Å². The second kappa shape index (κ2) is 8.07. The average molecular weight is 302 g/mol. The third-order valence-electron chi connectivity index (χ3n) is 2.35. The average Bonchev–Trinajstić information content (AvgIpc) is 2.37. The summed E-state index contributed by atoms with van der Waals surface area (Å²) in [6, 6.07) is 7.19. The van der Waals surface area contributed by atoms with Crippen molar-refractivity contribution < 1.29 is 14.7 Å². The van der Waals surface area contributed by atoms with Gasteiger partial charge in [-0.05, 0) is 30.7 Å². The minimum Gasteiger partial charge on any atom is -0.480 e. The van der Waals surface area contributed by atoms with Crippen molar-refractivity contribution in [2.24, 2.45) is 0 Å². The molecule has 0 saturated heterocycles. The van der Waals surface area contributed by atoms with Crippen LogP contribution in [0.3, 0.4) is 0 Å². The van der Waals surface area contributed by atoms with E-state index in [9.17, 15) is 9.59 Å². The van der Waals surface area contributed by atoms with E-state index >= 15 is 0 Å². The second-order valence-electron chi connectivity index (χ2n) is 3.95. The lowest BCUT2D eigenvalue weighted by Gasteiger charge is -2.19. The number of nitrogens with zero attached hydrogens (tertiary/aromatic N) is 1. The van der Waals surface area contributed by atoms with Gasteiger partial charge in [-0.2, -0.15) is 0 Å². The van der Waals surface area contributed by atoms with Crippen LogP contribution in [-0.4, -0.2) is 40.7 Å². The Morgan fingerprint density at radius 3 is 2.47 bits per heavy atom. The molecule has 1 amide bonds. The summed E-state index contributed by atoms with van der Waals surface area (Å²) in [5.74, 6) is -0.919. The molecule has 104 valence electrons. The van der Waals surface area contributed by atoms with Gasteiger partial charge >= 0.3 is 5.97 Å². The van der Waals surface area contributed by atoms with E-state index < -0.39 is 5.97 Å². The smallest absolute Gasteiger partial charge is 0.323 e. The molecular weight excluding hydrogens is 286 g/mol. The number of carboxylic acids is 1. The molecule has 0 spiro atoms. The summed E-state index contributed by atoms with van der Waals surface area (Å²) in [5.41, 5.74) is 0. The summed E-state index contributed by atoms with van der Waals surface area (Å²) in [5, 5.41) is 9.41. The Labute approximate surface area is 121 Å². The predicted molar refractivity (Wildman–Crippen MR) is 76.7 cm³/mol. The number of hydrogen-bond donors (Lipinski definition) is 1. The van der Waals surface area contributed by atoms with Crippen LogP contribution < -0.4 is 0 Å². The van der Waals surface area contributed by atoms with Gasteiger partial charge in [-0.3, -0.25) is 9.59 Å². The summed E-state index contributed by atoms with van der Waals surface area (Å²) >= 11 is 7.15. The van der Waals surface area contributed by atoms with Gasteiger partial charge < -0.3 is 10.0 Å². The summed E-state index contributed by atoms with van der Waals surface area (Å²) in [4.78, 5) is 24.9. The number of carboxylic acid groups (broad SMARTS) is 1. The van der Waals surface area contributed by atoms with E-state index in [2.05, 4.69) is 0 Å². The Bertz CT molecular complexity index is 436. The molecule has 1 rings (SSSR count). The highest BCUT2D eigenvalue weighted by Gasteiger charge is 2.15. The molecule has 0 saturated carbocycles. The van der Waals surface area contributed by atoms with E-state index in [0.29, 0.717) is 11.6 Å².